The molecule has 1 aliphatic carbocycles. The minimum atomic E-state index is 0.199. The number of carbonyl (C=O) groups is 1. The zero-order chi connectivity index (χ0) is 13.0. The van der Waals surface area contributed by atoms with Crippen LogP contribution in [0.3, 0.4) is 0 Å². The van der Waals surface area contributed by atoms with E-state index in [1.807, 2.05) is 0 Å². The van der Waals surface area contributed by atoms with Gasteiger partial charge in [0, 0.05) is 31.1 Å². The van der Waals surface area contributed by atoms with Gasteiger partial charge in [0.15, 0.2) is 0 Å². The Labute approximate surface area is 110 Å². The van der Waals surface area contributed by atoms with Gasteiger partial charge in [0.05, 0.1) is 0 Å². The van der Waals surface area contributed by atoms with Gasteiger partial charge in [-0.2, -0.15) is 0 Å². The van der Waals surface area contributed by atoms with Crippen LogP contribution < -0.4 is 10.6 Å². The third-order valence-electron chi connectivity index (χ3n) is 4.26. The van der Waals surface area contributed by atoms with Crippen molar-refractivity contribution in [1.29, 1.82) is 0 Å². The number of likely N-dealkylation sites (N-methyl/N-ethyl adjacent to an activating group) is 1. The number of piperidine rings is 1. The molecule has 104 valence electrons. The first-order valence-electron chi connectivity index (χ1n) is 7.39. The summed E-state index contributed by atoms with van der Waals surface area (Å²) < 4.78 is 0. The molecule has 2 rings (SSSR count). The van der Waals surface area contributed by atoms with Crippen molar-refractivity contribution >= 4 is 5.91 Å². The highest BCUT2D eigenvalue weighted by atomic mass is 16.1. The van der Waals surface area contributed by atoms with E-state index >= 15 is 0 Å². The van der Waals surface area contributed by atoms with Crippen LogP contribution in [0.25, 0.3) is 0 Å². The van der Waals surface area contributed by atoms with E-state index in [1.54, 1.807) is 0 Å². The summed E-state index contributed by atoms with van der Waals surface area (Å²) in [6.45, 7) is 4.04. The Morgan fingerprint density at radius 2 is 2.17 bits per heavy atom. The lowest BCUT2D eigenvalue weighted by molar-refractivity contribution is -0.121. The Kier molecular flexibility index (Phi) is 5.01. The summed E-state index contributed by atoms with van der Waals surface area (Å²) in [6.07, 6.45) is 6.93. The summed E-state index contributed by atoms with van der Waals surface area (Å²) in [4.78, 5) is 14.2. The minimum Gasteiger partial charge on any atom is -0.354 e. The summed E-state index contributed by atoms with van der Waals surface area (Å²) >= 11 is 0. The lowest BCUT2D eigenvalue weighted by Gasteiger charge is -2.26. The van der Waals surface area contributed by atoms with Crippen LogP contribution >= 0.6 is 0 Å². The molecule has 0 radical (unpaired) electrons. The number of amides is 1. The van der Waals surface area contributed by atoms with Crippen molar-refractivity contribution in [3.8, 4) is 0 Å². The highest BCUT2D eigenvalue weighted by Gasteiger charge is 2.29. The van der Waals surface area contributed by atoms with Crippen LogP contribution in [-0.2, 0) is 4.79 Å². The number of nitrogens with one attached hydrogen (secondary N) is 2. The molecule has 0 aromatic carbocycles. The van der Waals surface area contributed by atoms with E-state index in [0.717, 1.165) is 25.6 Å². The predicted octanol–water partition coefficient (Wildman–Crippen LogP) is 1.12. The van der Waals surface area contributed by atoms with Crippen molar-refractivity contribution in [3.63, 3.8) is 0 Å². The second-order valence-corrected chi connectivity index (χ2v) is 5.90. The molecule has 0 aromatic heterocycles. The average Bonchev–Trinajstić information content (AvgIpc) is 3.20. The maximum atomic E-state index is 11.9. The molecule has 1 amide bonds. The van der Waals surface area contributed by atoms with Gasteiger partial charge in [-0.15, -0.1) is 0 Å². The summed E-state index contributed by atoms with van der Waals surface area (Å²) in [6, 6.07) is 1.60. The number of rotatable bonds is 6. The molecular formula is C14H27N3O. The largest absolute Gasteiger partial charge is 0.354 e. The monoisotopic (exact) mass is 253 g/mol. The minimum absolute atomic E-state index is 0.199. The fraction of sp³-hybridized carbons (Fsp3) is 0.929. The Balaban J connectivity index is 1.61. The molecule has 2 fully saturated rings. The van der Waals surface area contributed by atoms with Gasteiger partial charge in [-0.1, -0.05) is 6.42 Å². The molecule has 1 aliphatic heterocycles. The molecule has 0 aromatic rings. The van der Waals surface area contributed by atoms with Gasteiger partial charge >= 0.3 is 0 Å². The van der Waals surface area contributed by atoms with Gasteiger partial charge in [-0.25, -0.2) is 0 Å². The second-order valence-electron chi connectivity index (χ2n) is 5.90. The summed E-state index contributed by atoms with van der Waals surface area (Å²) in [5.41, 5.74) is 0. The molecule has 18 heavy (non-hydrogen) atoms. The Bertz CT molecular complexity index is 272. The van der Waals surface area contributed by atoms with Gasteiger partial charge in [0.25, 0.3) is 0 Å². The topological polar surface area (TPSA) is 44.4 Å². The second kappa shape index (κ2) is 6.53. The Hall–Kier alpha value is -0.610. The molecule has 2 N–H and O–H groups in total. The fourth-order valence-electron chi connectivity index (χ4n) is 2.64. The average molecular weight is 253 g/mol. The van der Waals surface area contributed by atoms with E-state index in [0.29, 0.717) is 18.5 Å². The molecule has 4 heteroatoms. The van der Waals surface area contributed by atoms with Gasteiger partial charge in [-0.05, 0) is 46.2 Å². The summed E-state index contributed by atoms with van der Waals surface area (Å²) in [5, 5.41) is 6.49. The predicted molar refractivity (Wildman–Crippen MR) is 73.5 cm³/mol. The lowest BCUT2D eigenvalue weighted by Crippen LogP contribution is -2.43. The highest BCUT2D eigenvalue weighted by molar-refractivity contribution is 5.76. The third kappa shape index (κ3) is 4.25. The number of hydrogen-bond acceptors (Lipinski definition) is 3. The molecule has 0 spiro atoms. The van der Waals surface area contributed by atoms with E-state index < -0.39 is 0 Å². The lowest BCUT2D eigenvalue weighted by atomic mass is 10.0. The molecule has 2 unspecified atom stereocenters. The molecule has 1 saturated heterocycles. The first kappa shape index (κ1) is 13.8. The van der Waals surface area contributed by atoms with Crippen LogP contribution in [0.1, 0.15) is 45.4 Å². The van der Waals surface area contributed by atoms with Crippen molar-refractivity contribution in [2.75, 3.05) is 20.1 Å². The van der Waals surface area contributed by atoms with Crippen molar-refractivity contribution in [2.45, 2.75) is 63.6 Å². The van der Waals surface area contributed by atoms with Crippen molar-refractivity contribution < 1.29 is 4.79 Å². The van der Waals surface area contributed by atoms with Crippen LogP contribution in [-0.4, -0.2) is 49.1 Å². The number of carbonyl (C=O) groups excluding carboxylic acids is 1. The molecule has 2 aliphatic rings. The van der Waals surface area contributed by atoms with Crippen LogP contribution in [0.2, 0.25) is 0 Å². The zero-order valence-electron chi connectivity index (χ0n) is 11.7. The van der Waals surface area contributed by atoms with Gasteiger partial charge in [0.2, 0.25) is 5.91 Å². The molecule has 2 atom stereocenters. The maximum Gasteiger partial charge on any atom is 0.221 e. The summed E-state index contributed by atoms with van der Waals surface area (Å²) in [5.74, 6) is 0.199. The Morgan fingerprint density at radius 1 is 1.39 bits per heavy atom. The standard InChI is InChI=1S/C14H27N3O/c1-11(17(2)13-6-7-13)10-16-14(18)9-12-5-3-4-8-15-12/h11-13,15H,3-10H2,1-2H3,(H,16,18). The van der Waals surface area contributed by atoms with E-state index in [4.69, 9.17) is 0 Å². The highest BCUT2D eigenvalue weighted by Crippen LogP contribution is 2.26. The van der Waals surface area contributed by atoms with Crippen molar-refractivity contribution in [2.24, 2.45) is 0 Å². The molecule has 0 bridgehead atoms. The van der Waals surface area contributed by atoms with E-state index in [-0.39, 0.29) is 5.91 Å². The molecular weight excluding hydrogens is 226 g/mol. The first-order chi connectivity index (χ1) is 8.66. The van der Waals surface area contributed by atoms with Crippen LogP contribution in [0.15, 0.2) is 0 Å². The van der Waals surface area contributed by atoms with E-state index in [9.17, 15) is 4.79 Å². The van der Waals surface area contributed by atoms with Gasteiger partial charge in [-0.3, -0.25) is 9.69 Å². The van der Waals surface area contributed by atoms with Crippen LogP contribution in [0.5, 0.6) is 0 Å². The van der Waals surface area contributed by atoms with Gasteiger partial charge < -0.3 is 10.6 Å². The molecule has 1 saturated carbocycles. The normalized spacial score (nSPS) is 26.1. The fourth-order valence-corrected chi connectivity index (χ4v) is 2.64. The summed E-state index contributed by atoms with van der Waals surface area (Å²) in [7, 11) is 2.16. The Morgan fingerprint density at radius 3 is 2.78 bits per heavy atom. The van der Waals surface area contributed by atoms with Crippen molar-refractivity contribution in [3.05, 3.63) is 0 Å². The van der Waals surface area contributed by atoms with E-state index in [2.05, 4.69) is 29.5 Å². The van der Waals surface area contributed by atoms with Gasteiger partial charge in [0.1, 0.15) is 0 Å². The quantitative estimate of drug-likeness (QED) is 0.745. The molecule has 4 nitrogen and oxygen atoms in total. The maximum absolute atomic E-state index is 11.9. The SMILES string of the molecule is CC(CNC(=O)CC1CCCCN1)N(C)C1CC1. The number of nitrogens with zero attached hydrogens (tertiary/aromatic N) is 1. The first-order valence-corrected chi connectivity index (χ1v) is 7.39. The van der Waals surface area contributed by atoms with Crippen molar-refractivity contribution in [1.82, 2.24) is 15.5 Å². The van der Waals surface area contributed by atoms with Crippen LogP contribution in [0, 0.1) is 0 Å². The molecule has 1 heterocycles. The third-order valence-corrected chi connectivity index (χ3v) is 4.26. The smallest absolute Gasteiger partial charge is 0.221 e. The van der Waals surface area contributed by atoms with Crippen LogP contribution in [0.4, 0.5) is 0 Å². The van der Waals surface area contributed by atoms with E-state index in [1.165, 1.54) is 25.7 Å². The zero-order valence-corrected chi connectivity index (χ0v) is 11.7. The number of hydrogen-bond donors (Lipinski definition) is 2.